The molecule has 2 heterocycles. The number of nitrogens with zero attached hydrogens (tertiary/aromatic N) is 3. The number of phenolic OH excluding ortho intramolecular Hbond substituents is 1. The lowest BCUT2D eigenvalue weighted by atomic mass is 9.94. The van der Waals surface area contributed by atoms with Gasteiger partial charge in [-0.05, 0) is 23.8 Å². The molecule has 1 fully saturated rings. The van der Waals surface area contributed by atoms with Crippen LogP contribution in [0.15, 0.2) is 91.1 Å². The van der Waals surface area contributed by atoms with Gasteiger partial charge in [0, 0.05) is 49.0 Å². The average Bonchev–Trinajstić information content (AvgIpc) is 2.83. The van der Waals surface area contributed by atoms with Gasteiger partial charge < -0.3 is 10.0 Å². The molecule has 3 aromatic carbocycles. The van der Waals surface area contributed by atoms with E-state index in [4.69, 9.17) is 0 Å². The van der Waals surface area contributed by atoms with Gasteiger partial charge in [-0.1, -0.05) is 66.7 Å². The lowest BCUT2D eigenvalue weighted by Crippen LogP contribution is -2.48. The average molecular weight is 396 g/mol. The van der Waals surface area contributed by atoms with Gasteiger partial charge >= 0.3 is 0 Å². The minimum atomic E-state index is -0.00414. The predicted octanol–water partition coefficient (Wildman–Crippen LogP) is 4.85. The van der Waals surface area contributed by atoms with Crippen molar-refractivity contribution in [1.82, 2.24) is 9.88 Å². The van der Waals surface area contributed by atoms with Gasteiger partial charge in [0.15, 0.2) is 0 Å². The Hall–Kier alpha value is -3.37. The standard InChI is InChI=1S/C26H25N3O/c30-26-23(14-13-20-10-7-15-27-24(20)26)25(21-8-3-1-4-9-21)29-18-16-28(17-19-29)22-11-5-2-6-12-22/h1-15,25,30H,16-19H2. The summed E-state index contributed by atoms with van der Waals surface area (Å²) in [5.41, 5.74) is 4.04. The molecule has 4 nitrogen and oxygen atoms in total. The third kappa shape index (κ3) is 3.51. The van der Waals surface area contributed by atoms with Crippen molar-refractivity contribution >= 4 is 16.6 Å². The van der Waals surface area contributed by atoms with Gasteiger partial charge in [0.2, 0.25) is 0 Å². The molecule has 0 radical (unpaired) electrons. The summed E-state index contributed by atoms with van der Waals surface area (Å²) in [6.07, 6.45) is 1.74. The fraction of sp³-hybridized carbons (Fsp3) is 0.192. The third-order valence-corrected chi connectivity index (χ3v) is 5.99. The first-order chi connectivity index (χ1) is 14.8. The van der Waals surface area contributed by atoms with E-state index < -0.39 is 0 Å². The summed E-state index contributed by atoms with van der Waals surface area (Å²) in [5.74, 6) is 0.285. The fourth-order valence-electron chi connectivity index (χ4n) is 4.47. The second-order valence-corrected chi connectivity index (χ2v) is 7.75. The molecule has 0 amide bonds. The van der Waals surface area contributed by atoms with Crippen LogP contribution in [0.2, 0.25) is 0 Å². The van der Waals surface area contributed by atoms with Crippen LogP contribution in [0.25, 0.3) is 10.9 Å². The van der Waals surface area contributed by atoms with Crippen molar-refractivity contribution in [1.29, 1.82) is 0 Å². The van der Waals surface area contributed by atoms with Gasteiger partial charge in [-0.25, -0.2) is 0 Å². The van der Waals surface area contributed by atoms with Crippen molar-refractivity contribution in [2.24, 2.45) is 0 Å². The molecule has 150 valence electrons. The number of hydrogen-bond acceptors (Lipinski definition) is 4. The second-order valence-electron chi connectivity index (χ2n) is 7.75. The van der Waals surface area contributed by atoms with E-state index in [1.165, 1.54) is 11.3 Å². The SMILES string of the molecule is Oc1c(C(c2ccccc2)N2CCN(c3ccccc3)CC2)ccc2cccnc12. The highest BCUT2D eigenvalue weighted by Gasteiger charge is 2.29. The van der Waals surface area contributed by atoms with Gasteiger partial charge in [0.05, 0.1) is 6.04 Å². The molecule has 4 heteroatoms. The number of pyridine rings is 1. The smallest absolute Gasteiger partial charge is 0.146 e. The highest BCUT2D eigenvalue weighted by Crippen LogP contribution is 2.38. The van der Waals surface area contributed by atoms with Crippen LogP contribution in [0.4, 0.5) is 5.69 Å². The Balaban J connectivity index is 1.49. The van der Waals surface area contributed by atoms with E-state index in [1.54, 1.807) is 6.20 Å². The van der Waals surface area contributed by atoms with E-state index in [2.05, 4.69) is 81.5 Å². The quantitative estimate of drug-likeness (QED) is 0.536. The van der Waals surface area contributed by atoms with Gasteiger partial charge in [-0.15, -0.1) is 0 Å². The summed E-state index contributed by atoms with van der Waals surface area (Å²) in [7, 11) is 0. The first kappa shape index (κ1) is 18.6. The van der Waals surface area contributed by atoms with Crippen LogP contribution < -0.4 is 4.90 Å². The van der Waals surface area contributed by atoms with E-state index in [1.807, 2.05) is 18.2 Å². The minimum Gasteiger partial charge on any atom is -0.505 e. The molecular weight excluding hydrogens is 370 g/mol. The number of rotatable bonds is 4. The number of hydrogen-bond donors (Lipinski definition) is 1. The predicted molar refractivity (Wildman–Crippen MR) is 122 cm³/mol. The Labute approximate surface area is 177 Å². The van der Waals surface area contributed by atoms with Crippen molar-refractivity contribution in [2.75, 3.05) is 31.1 Å². The van der Waals surface area contributed by atoms with Gasteiger partial charge in [0.25, 0.3) is 0 Å². The lowest BCUT2D eigenvalue weighted by Gasteiger charge is -2.40. The van der Waals surface area contributed by atoms with Crippen LogP contribution in [0.5, 0.6) is 5.75 Å². The van der Waals surface area contributed by atoms with Gasteiger partial charge in [0.1, 0.15) is 11.3 Å². The van der Waals surface area contributed by atoms with Crippen LogP contribution in [-0.4, -0.2) is 41.2 Å². The number of fused-ring (bicyclic) bond motifs is 1. The molecule has 1 atom stereocenters. The molecule has 0 spiro atoms. The summed E-state index contributed by atoms with van der Waals surface area (Å²) < 4.78 is 0. The molecule has 0 saturated carbocycles. The minimum absolute atomic E-state index is 0.00414. The number of aromatic hydroxyl groups is 1. The number of phenols is 1. The summed E-state index contributed by atoms with van der Waals surface area (Å²) in [6.45, 7) is 3.77. The molecule has 1 saturated heterocycles. The second kappa shape index (κ2) is 8.17. The Morgan fingerprint density at radius 3 is 2.17 bits per heavy atom. The first-order valence-corrected chi connectivity index (χ1v) is 10.5. The Morgan fingerprint density at radius 1 is 0.733 bits per heavy atom. The largest absolute Gasteiger partial charge is 0.505 e. The van der Waals surface area contributed by atoms with Crippen molar-refractivity contribution in [2.45, 2.75) is 6.04 Å². The molecule has 30 heavy (non-hydrogen) atoms. The van der Waals surface area contributed by atoms with Crippen LogP contribution in [0.3, 0.4) is 0 Å². The van der Waals surface area contributed by atoms with Crippen LogP contribution in [0.1, 0.15) is 17.2 Å². The zero-order chi connectivity index (χ0) is 20.3. The number of piperazine rings is 1. The van der Waals surface area contributed by atoms with Crippen LogP contribution in [-0.2, 0) is 0 Å². The van der Waals surface area contributed by atoms with E-state index in [9.17, 15) is 5.11 Å². The van der Waals surface area contributed by atoms with Crippen molar-refractivity contribution in [3.05, 3.63) is 102 Å². The number of anilines is 1. The monoisotopic (exact) mass is 395 g/mol. The zero-order valence-electron chi connectivity index (χ0n) is 16.9. The fourth-order valence-corrected chi connectivity index (χ4v) is 4.47. The number of para-hydroxylation sites is 1. The third-order valence-electron chi connectivity index (χ3n) is 5.99. The Bertz CT molecular complexity index is 1120. The topological polar surface area (TPSA) is 39.6 Å². The van der Waals surface area contributed by atoms with Crippen molar-refractivity contribution in [3.63, 3.8) is 0 Å². The maximum atomic E-state index is 11.1. The molecule has 1 aliphatic heterocycles. The number of aromatic nitrogens is 1. The van der Waals surface area contributed by atoms with E-state index >= 15 is 0 Å². The molecule has 1 N–H and O–H groups in total. The maximum Gasteiger partial charge on any atom is 0.146 e. The van der Waals surface area contributed by atoms with Crippen LogP contribution in [0, 0.1) is 0 Å². The highest BCUT2D eigenvalue weighted by atomic mass is 16.3. The summed E-state index contributed by atoms with van der Waals surface area (Å²) in [6, 6.07) is 29.1. The van der Waals surface area contributed by atoms with E-state index in [0.717, 1.165) is 37.1 Å². The maximum absolute atomic E-state index is 11.1. The van der Waals surface area contributed by atoms with E-state index in [-0.39, 0.29) is 11.8 Å². The molecule has 5 rings (SSSR count). The van der Waals surface area contributed by atoms with Gasteiger partial charge in [-0.2, -0.15) is 0 Å². The highest BCUT2D eigenvalue weighted by molar-refractivity contribution is 5.85. The Kier molecular flexibility index (Phi) is 5.08. The molecule has 4 aromatic rings. The molecule has 1 unspecified atom stereocenters. The molecular formula is C26H25N3O. The summed E-state index contributed by atoms with van der Waals surface area (Å²) >= 11 is 0. The van der Waals surface area contributed by atoms with Crippen molar-refractivity contribution in [3.8, 4) is 5.75 Å². The summed E-state index contributed by atoms with van der Waals surface area (Å²) in [4.78, 5) is 9.34. The van der Waals surface area contributed by atoms with E-state index in [0.29, 0.717) is 5.52 Å². The number of benzene rings is 3. The molecule has 1 aliphatic rings. The summed E-state index contributed by atoms with van der Waals surface area (Å²) in [5, 5.41) is 12.1. The first-order valence-electron chi connectivity index (χ1n) is 10.5. The molecule has 0 aliphatic carbocycles. The molecule has 0 bridgehead atoms. The Morgan fingerprint density at radius 2 is 1.43 bits per heavy atom. The molecule has 1 aromatic heterocycles. The van der Waals surface area contributed by atoms with Crippen LogP contribution >= 0.6 is 0 Å². The normalized spacial score (nSPS) is 15.9. The van der Waals surface area contributed by atoms with Crippen molar-refractivity contribution < 1.29 is 5.11 Å². The lowest BCUT2D eigenvalue weighted by molar-refractivity contribution is 0.209. The van der Waals surface area contributed by atoms with Gasteiger partial charge in [-0.3, -0.25) is 9.88 Å². The zero-order valence-corrected chi connectivity index (χ0v) is 16.9.